The molecule has 0 heterocycles. The van der Waals surface area contributed by atoms with Gasteiger partial charge in [0.25, 0.3) is 5.91 Å². The summed E-state index contributed by atoms with van der Waals surface area (Å²) in [6.45, 7) is 1.45. The number of benzene rings is 2. The number of amides is 2. The number of para-hydroxylation sites is 2. The summed E-state index contributed by atoms with van der Waals surface area (Å²) in [5.41, 5.74) is 1.76. The zero-order valence-electron chi connectivity index (χ0n) is 14.7. The Hall–Kier alpha value is -3.42. The highest BCUT2D eigenvalue weighted by atomic mass is 16.6. The van der Waals surface area contributed by atoms with Gasteiger partial charge >= 0.3 is 5.69 Å². The molecule has 1 aliphatic carbocycles. The molecule has 0 atom stereocenters. The quantitative estimate of drug-likeness (QED) is 0.575. The molecule has 3 rings (SSSR count). The van der Waals surface area contributed by atoms with Gasteiger partial charge in [-0.25, -0.2) is 0 Å². The van der Waals surface area contributed by atoms with E-state index in [9.17, 15) is 19.7 Å². The molecular weight excluding hydrogens is 350 g/mol. The van der Waals surface area contributed by atoms with Crippen LogP contribution in [-0.2, 0) is 9.59 Å². The Morgan fingerprint density at radius 3 is 2.63 bits per heavy atom. The molecule has 1 fully saturated rings. The van der Waals surface area contributed by atoms with Crippen molar-refractivity contribution in [2.45, 2.75) is 19.8 Å². The van der Waals surface area contributed by atoms with E-state index in [-0.39, 0.29) is 29.9 Å². The maximum absolute atomic E-state index is 12.2. The fraction of sp³-hybridized carbons (Fsp3) is 0.263. The summed E-state index contributed by atoms with van der Waals surface area (Å²) in [5, 5.41) is 16.5. The molecule has 8 heteroatoms. The van der Waals surface area contributed by atoms with Crippen molar-refractivity contribution in [2.24, 2.45) is 5.92 Å². The normalized spacial score (nSPS) is 12.9. The number of anilines is 2. The number of nitro groups is 1. The van der Waals surface area contributed by atoms with Crippen molar-refractivity contribution >= 4 is 28.9 Å². The molecular formula is C19H19N3O5. The number of aryl methyl sites for hydroxylation is 1. The van der Waals surface area contributed by atoms with Gasteiger partial charge < -0.3 is 15.4 Å². The fourth-order valence-corrected chi connectivity index (χ4v) is 2.48. The second kappa shape index (κ2) is 7.86. The minimum atomic E-state index is -0.566. The summed E-state index contributed by atoms with van der Waals surface area (Å²) in [7, 11) is 0. The summed E-state index contributed by atoms with van der Waals surface area (Å²) < 4.78 is 5.28. The number of nitro benzene ring substituents is 1. The smallest absolute Gasteiger partial charge is 0.310 e. The average molecular weight is 369 g/mol. The van der Waals surface area contributed by atoms with E-state index in [1.807, 2.05) is 6.92 Å². The molecule has 8 nitrogen and oxygen atoms in total. The second-order valence-corrected chi connectivity index (χ2v) is 6.35. The van der Waals surface area contributed by atoms with Crippen molar-refractivity contribution in [1.82, 2.24) is 0 Å². The highest BCUT2D eigenvalue weighted by molar-refractivity contribution is 5.96. The van der Waals surface area contributed by atoms with Gasteiger partial charge in [-0.2, -0.15) is 0 Å². The summed E-state index contributed by atoms with van der Waals surface area (Å²) in [6, 6.07) is 11.1. The van der Waals surface area contributed by atoms with Gasteiger partial charge in [0.15, 0.2) is 12.4 Å². The zero-order valence-corrected chi connectivity index (χ0v) is 14.7. The first-order chi connectivity index (χ1) is 12.9. The molecule has 2 aromatic carbocycles. The van der Waals surface area contributed by atoms with Crippen molar-refractivity contribution in [3.63, 3.8) is 0 Å². The van der Waals surface area contributed by atoms with Crippen molar-refractivity contribution in [3.05, 3.63) is 58.1 Å². The lowest BCUT2D eigenvalue weighted by atomic mass is 10.1. The lowest BCUT2D eigenvalue weighted by molar-refractivity contribution is -0.385. The number of rotatable bonds is 7. The minimum absolute atomic E-state index is 0.0177. The maximum Gasteiger partial charge on any atom is 0.310 e. The van der Waals surface area contributed by atoms with Gasteiger partial charge in [0.05, 0.1) is 4.92 Å². The largest absolute Gasteiger partial charge is 0.477 e. The third-order valence-electron chi connectivity index (χ3n) is 4.15. The first kappa shape index (κ1) is 18.4. The number of nitrogens with one attached hydrogen (secondary N) is 2. The number of nitrogens with zero attached hydrogens (tertiary/aromatic N) is 1. The molecule has 0 aromatic heterocycles. The number of hydrogen-bond acceptors (Lipinski definition) is 5. The number of carbonyl (C=O) groups is 2. The topological polar surface area (TPSA) is 111 Å². The molecule has 0 aliphatic heterocycles. The predicted octanol–water partition coefficient (Wildman–Crippen LogP) is 3.27. The summed E-state index contributed by atoms with van der Waals surface area (Å²) in [5.74, 6) is -0.364. The Bertz CT molecular complexity index is 893. The van der Waals surface area contributed by atoms with Crippen LogP contribution < -0.4 is 15.4 Å². The van der Waals surface area contributed by atoms with E-state index in [0.29, 0.717) is 11.4 Å². The van der Waals surface area contributed by atoms with Gasteiger partial charge in [-0.1, -0.05) is 18.2 Å². The van der Waals surface area contributed by atoms with Gasteiger partial charge in [-0.15, -0.1) is 0 Å². The molecule has 2 aromatic rings. The maximum atomic E-state index is 12.2. The van der Waals surface area contributed by atoms with Crippen molar-refractivity contribution in [3.8, 4) is 5.75 Å². The third-order valence-corrected chi connectivity index (χ3v) is 4.15. The summed E-state index contributed by atoms with van der Waals surface area (Å²) in [6.07, 6.45) is 1.81. The molecule has 140 valence electrons. The molecule has 2 N–H and O–H groups in total. The summed E-state index contributed by atoms with van der Waals surface area (Å²) >= 11 is 0. The summed E-state index contributed by atoms with van der Waals surface area (Å²) in [4.78, 5) is 34.4. The second-order valence-electron chi connectivity index (χ2n) is 6.35. The van der Waals surface area contributed by atoms with Gasteiger partial charge in [-0.3, -0.25) is 19.7 Å². The van der Waals surface area contributed by atoms with E-state index in [1.54, 1.807) is 24.3 Å². The lowest BCUT2D eigenvalue weighted by Gasteiger charge is -2.12. The van der Waals surface area contributed by atoms with E-state index in [0.717, 1.165) is 18.4 Å². The molecule has 0 spiro atoms. The molecule has 0 unspecified atom stereocenters. The van der Waals surface area contributed by atoms with Gasteiger partial charge in [0.1, 0.15) is 0 Å². The first-order valence-corrected chi connectivity index (χ1v) is 8.51. The van der Waals surface area contributed by atoms with Gasteiger partial charge in [0, 0.05) is 23.4 Å². The zero-order chi connectivity index (χ0) is 19.4. The van der Waals surface area contributed by atoms with E-state index in [2.05, 4.69) is 10.6 Å². The average Bonchev–Trinajstić information content (AvgIpc) is 3.48. The Morgan fingerprint density at radius 1 is 1.19 bits per heavy atom. The SMILES string of the molecule is Cc1ccc(NC(=O)C2CC2)cc1NC(=O)COc1ccccc1[N+](=O)[O-]. The molecule has 0 radical (unpaired) electrons. The Balaban J connectivity index is 1.62. The van der Waals surface area contributed by atoms with Crippen LogP contribution in [-0.4, -0.2) is 23.3 Å². The van der Waals surface area contributed by atoms with E-state index in [1.165, 1.54) is 18.2 Å². The van der Waals surface area contributed by atoms with Crippen molar-refractivity contribution in [2.75, 3.05) is 17.2 Å². The van der Waals surface area contributed by atoms with Crippen molar-refractivity contribution < 1.29 is 19.2 Å². The highest BCUT2D eigenvalue weighted by Crippen LogP contribution is 2.31. The van der Waals surface area contributed by atoms with Crippen molar-refractivity contribution in [1.29, 1.82) is 0 Å². The van der Waals surface area contributed by atoms with E-state index >= 15 is 0 Å². The number of ether oxygens (including phenoxy) is 1. The number of hydrogen-bond donors (Lipinski definition) is 2. The standard InChI is InChI=1S/C19H19N3O5/c1-12-6-9-14(20-19(24)13-7-8-13)10-15(12)21-18(23)11-27-17-5-3-2-4-16(17)22(25)26/h2-6,9-10,13H,7-8,11H2,1H3,(H,20,24)(H,21,23). The molecule has 1 aliphatic rings. The third kappa shape index (κ3) is 4.81. The van der Waals surface area contributed by atoms with E-state index in [4.69, 9.17) is 4.74 Å². The van der Waals surface area contributed by atoms with Crippen LogP contribution in [0, 0.1) is 23.0 Å². The lowest BCUT2D eigenvalue weighted by Crippen LogP contribution is -2.21. The Morgan fingerprint density at radius 2 is 1.93 bits per heavy atom. The van der Waals surface area contributed by atoms with Crippen LogP contribution in [0.3, 0.4) is 0 Å². The van der Waals surface area contributed by atoms with Crippen LogP contribution in [0.4, 0.5) is 17.1 Å². The Kier molecular flexibility index (Phi) is 5.35. The number of carbonyl (C=O) groups excluding carboxylic acids is 2. The van der Waals surface area contributed by atoms with E-state index < -0.39 is 10.8 Å². The molecule has 0 saturated heterocycles. The van der Waals surface area contributed by atoms with Crippen LogP contribution in [0.2, 0.25) is 0 Å². The highest BCUT2D eigenvalue weighted by Gasteiger charge is 2.29. The fourth-order valence-electron chi connectivity index (χ4n) is 2.48. The van der Waals surface area contributed by atoms with Gasteiger partial charge in [-0.05, 0) is 43.5 Å². The first-order valence-electron chi connectivity index (χ1n) is 8.51. The van der Waals surface area contributed by atoms with Crippen LogP contribution in [0.25, 0.3) is 0 Å². The van der Waals surface area contributed by atoms with Crippen LogP contribution in [0.1, 0.15) is 18.4 Å². The molecule has 1 saturated carbocycles. The van der Waals surface area contributed by atoms with Crippen LogP contribution >= 0.6 is 0 Å². The Labute approximate surface area is 155 Å². The minimum Gasteiger partial charge on any atom is -0.477 e. The monoisotopic (exact) mass is 369 g/mol. The van der Waals surface area contributed by atoms with Gasteiger partial charge in [0.2, 0.25) is 5.91 Å². The molecule has 27 heavy (non-hydrogen) atoms. The molecule has 0 bridgehead atoms. The van der Waals surface area contributed by atoms with Crippen LogP contribution in [0.5, 0.6) is 5.75 Å². The van der Waals surface area contributed by atoms with Crippen LogP contribution in [0.15, 0.2) is 42.5 Å². The molecule has 2 amide bonds. The predicted molar refractivity (Wildman–Crippen MR) is 99.8 cm³/mol.